The molecule has 0 saturated carbocycles. The molecule has 0 aliphatic carbocycles. The van der Waals surface area contributed by atoms with Crippen LogP contribution < -0.4 is 5.32 Å². The van der Waals surface area contributed by atoms with E-state index in [0.717, 1.165) is 28.5 Å². The van der Waals surface area contributed by atoms with Gasteiger partial charge in [-0.15, -0.1) is 16.4 Å². The molecule has 0 aliphatic heterocycles. The fourth-order valence-electron chi connectivity index (χ4n) is 3.69. The summed E-state index contributed by atoms with van der Waals surface area (Å²) in [6.45, 7) is 1.95. The summed E-state index contributed by atoms with van der Waals surface area (Å²) in [6.07, 6.45) is 0. The van der Waals surface area contributed by atoms with Crippen LogP contribution in [-0.4, -0.2) is 29.8 Å². The van der Waals surface area contributed by atoms with E-state index in [0.29, 0.717) is 16.8 Å². The van der Waals surface area contributed by atoms with Crippen LogP contribution in [0.15, 0.2) is 77.3 Å². The smallest absolute Gasteiger partial charge is 0.255 e. The number of benzene rings is 2. The zero-order chi connectivity index (χ0) is 22.2. The van der Waals surface area contributed by atoms with Gasteiger partial charge in [0.1, 0.15) is 5.82 Å². The number of fused-ring (bicyclic) bond motifs is 2. The van der Waals surface area contributed by atoms with Gasteiger partial charge in [-0.1, -0.05) is 60.3 Å². The second-order valence-corrected chi connectivity index (χ2v) is 9.45. The maximum atomic E-state index is 4.70. The highest BCUT2D eigenvalue weighted by Gasteiger charge is 2.13. The summed E-state index contributed by atoms with van der Waals surface area (Å²) in [5.74, 6) is 2.84. The fraction of sp³-hybridized carbons (Fsp3) is 0.0833. The third kappa shape index (κ3) is 3.96. The lowest BCUT2D eigenvalue weighted by Crippen LogP contribution is -2.02. The number of aromatic nitrogens is 6. The van der Waals surface area contributed by atoms with Gasteiger partial charge in [0.25, 0.3) is 5.78 Å². The molecule has 2 aromatic carbocycles. The molecule has 0 aliphatic rings. The molecule has 7 nitrogen and oxygen atoms in total. The average Bonchev–Trinajstić information content (AvgIpc) is 3.56. The van der Waals surface area contributed by atoms with Crippen molar-refractivity contribution in [1.82, 2.24) is 29.8 Å². The maximum absolute atomic E-state index is 4.70. The lowest BCUT2D eigenvalue weighted by atomic mass is 10.2. The largest absolute Gasteiger partial charge is 0.323 e. The Morgan fingerprint density at radius 2 is 1.88 bits per heavy atom. The molecule has 0 bridgehead atoms. The number of nitrogens with one attached hydrogen (secondary N) is 2. The highest BCUT2D eigenvalue weighted by atomic mass is 32.2. The standard InChI is InChI=1S/C24H19N7S2/c1-15-11-22(26-21-12-19(28-29-21)16-7-3-2-4-8-16)31-23(25-15)27-24(30-31)33-14-17-13-32-20-10-6-5-9-18(17)20/h2-13H,14H2,1H3,(H2,26,28,29). The molecule has 2 N–H and O–H groups in total. The summed E-state index contributed by atoms with van der Waals surface area (Å²) in [7, 11) is 0. The number of rotatable bonds is 6. The summed E-state index contributed by atoms with van der Waals surface area (Å²) in [5.41, 5.74) is 4.18. The summed E-state index contributed by atoms with van der Waals surface area (Å²) in [5, 5.41) is 19.8. The molecule has 0 spiro atoms. The van der Waals surface area contributed by atoms with Crippen LogP contribution in [0.3, 0.4) is 0 Å². The Hall–Kier alpha value is -3.69. The van der Waals surface area contributed by atoms with E-state index >= 15 is 0 Å². The van der Waals surface area contributed by atoms with Gasteiger partial charge in [-0.25, -0.2) is 4.98 Å². The molecule has 0 unspecified atom stereocenters. The van der Waals surface area contributed by atoms with Gasteiger partial charge in [0.2, 0.25) is 5.16 Å². The molecule has 0 saturated heterocycles. The minimum Gasteiger partial charge on any atom is -0.323 e. The number of hydrogen-bond acceptors (Lipinski definition) is 7. The summed E-state index contributed by atoms with van der Waals surface area (Å²) in [4.78, 5) is 9.20. The third-order valence-corrected chi connectivity index (χ3v) is 7.16. The van der Waals surface area contributed by atoms with Crippen LogP contribution in [0.2, 0.25) is 0 Å². The molecule has 0 radical (unpaired) electrons. The highest BCUT2D eigenvalue weighted by Crippen LogP contribution is 2.31. The molecule has 0 amide bonds. The van der Waals surface area contributed by atoms with Gasteiger partial charge in [0.05, 0.1) is 5.69 Å². The van der Waals surface area contributed by atoms with Gasteiger partial charge in [-0.2, -0.15) is 14.6 Å². The zero-order valence-corrected chi connectivity index (χ0v) is 19.3. The molecule has 4 heterocycles. The highest BCUT2D eigenvalue weighted by molar-refractivity contribution is 7.98. The molecule has 6 rings (SSSR count). The van der Waals surface area contributed by atoms with E-state index in [4.69, 9.17) is 5.10 Å². The van der Waals surface area contributed by atoms with E-state index < -0.39 is 0 Å². The Labute approximate surface area is 197 Å². The number of hydrogen-bond donors (Lipinski definition) is 2. The van der Waals surface area contributed by atoms with E-state index in [2.05, 4.69) is 55.1 Å². The number of aryl methyl sites for hydroxylation is 1. The summed E-state index contributed by atoms with van der Waals surface area (Å²) in [6, 6.07) is 22.5. The summed E-state index contributed by atoms with van der Waals surface area (Å²) >= 11 is 3.38. The predicted molar refractivity (Wildman–Crippen MR) is 134 cm³/mol. The van der Waals surface area contributed by atoms with Crippen molar-refractivity contribution in [2.45, 2.75) is 17.8 Å². The number of aromatic amines is 1. The monoisotopic (exact) mass is 469 g/mol. The Bertz CT molecular complexity index is 1570. The number of anilines is 2. The predicted octanol–water partition coefficient (Wildman–Crippen LogP) is 6.07. The van der Waals surface area contributed by atoms with E-state index in [-0.39, 0.29) is 0 Å². The van der Waals surface area contributed by atoms with Crippen LogP contribution in [0, 0.1) is 6.92 Å². The lowest BCUT2D eigenvalue weighted by Gasteiger charge is -2.05. The molecule has 9 heteroatoms. The van der Waals surface area contributed by atoms with Crippen LogP contribution in [0.5, 0.6) is 0 Å². The number of thiophene rings is 1. The zero-order valence-electron chi connectivity index (χ0n) is 17.7. The van der Waals surface area contributed by atoms with Crippen molar-refractivity contribution in [2.24, 2.45) is 0 Å². The van der Waals surface area contributed by atoms with Gasteiger partial charge in [0.15, 0.2) is 5.82 Å². The third-order valence-electron chi connectivity index (χ3n) is 5.26. The van der Waals surface area contributed by atoms with E-state index in [1.165, 1.54) is 15.6 Å². The fourth-order valence-corrected chi connectivity index (χ4v) is 5.57. The summed E-state index contributed by atoms with van der Waals surface area (Å²) < 4.78 is 3.03. The van der Waals surface area contributed by atoms with Gasteiger partial charge >= 0.3 is 0 Å². The average molecular weight is 470 g/mol. The Balaban J connectivity index is 1.26. The molecule has 0 fully saturated rings. The second kappa shape index (κ2) is 8.34. The van der Waals surface area contributed by atoms with Crippen molar-refractivity contribution < 1.29 is 0 Å². The van der Waals surface area contributed by atoms with Crippen molar-refractivity contribution in [3.05, 3.63) is 83.4 Å². The van der Waals surface area contributed by atoms with Gasteiger partial charge < -0.3 is 5.32 Å². The van der Waals surface area contributed by atoms with Gasteiger partial charge in [-0.3, -0.25) is 5.10 Å². The van der Waals surface area contributed by atoms with Crippen molar-refractivity contribution >= 4 is 50.6 Å². The number of H-pyrrole nitrogens is 1. The minimum atomic E-state index is 0.564. The Morgan fingerprint density at radius 1 is 1.03 bits per heavy atom. The first-order chi connectivity index (χ1) is 16.2. The van der Waals surface area contributed by atoms with Crippen LogP contribution in [0.1, 0.15) is 11.3 Å². The van der Waals surface area contributed by atoms with E-state index in [1.807, 2.05) is 49.4 Å². The normalized spacial score (nSPS) is 11.4. The van der Waals surface area contributed by atoms with Gasteiger partial charge in [-0.05, 0) is 34.9 Å². The number of nitrogens with zero attached hydrogens (tertiary/aromatic N) is 5. The molecular weight excluding hydrogens is 450 g/mol. The van der Waals surface area contributed by atoms with Crippen molar-refractivity contribution in [3.63, 3.8) is 0 Å². The first-order valence-electron chi connectivity index (χ1n) is 10.4. The van der Waals surface area contributed by atoms with E-state index in [1.54, 1.807) is 27.6 Å². The quantitative estimate of drug-likeness (QED) is 0.288. The molecule has 0 atom stereocenters. The maximum Gasteiger partial charge on any atom is 0.255 e. The van der Waals surface area contributed by atoms with Crippen molar-refractivity contribution in [1.29, 1.82) is 0 Å². The Kier molecular flexibility index (Phi) is 5.04. The molecule has 6 aromatic rings. The van der Waals surface area contributed by atoms with E-state index in [9.17, 15) is 0 Å². The van der Waals surface area contributed by atoms with Crippen LogP contribution in [0.25, 0.3) is 27.1 Å². The SMILES string of the molecule is Cc1cc(Nc2cc(-c3ccccc3)[nH]n2)n2nc(SCc3csc4ccccc34)nc2n1. The first-order valence-corrected chi connectivity index (χ1v) is 12.3. The van der Waals surface area contributed by atoms with Crippen LogP contribution in [-0.2, 0) is 5.75 Å². The second-order valence-electron chi connectivity index (χ2n) is 7.59. The molecular formula is C24H19N7S2. The van der Waals surface area contributed by atoms with Crippen molar-refractivity contribution in [2.75, 3.05) is 5.32 Å². The lowest BCUT2D eigenvalue weighted by molar-refractivity contribution is 0.881. The first kappa shape index (κ1) is 20.0. The van der Waals surface area contributed by atoms with Crippen LogP contribution >= 0.6 is 23.1 Å². The minimum absolute atomic E-state index is 0.564. The Morgan fingerprint density at radius 3 is 2.79 bits per heavy atom. The topological polar surface area (TPSA) is 83.8 Å². The van der Waals surface area contributed by atoms with Crippen molar-refractivity contribution in [3.8, 4) is 11.3 Å². The molecule has 33 heavy (non-hydrogen) atoms. The number of thioether (sulfide) groups is 1. The van der Waals surface area contributed by atoms with Gasteiger partial charge in [0, 0.05) is 28.3 Å². The molecule has 162 valence electrons. The molecule has 4 aromatic heterocycles. The van der Waals surface area contributed by atoms with Crippen LogP contribution in [0.4, 0.5) is 11.6 Å².